The molecule has 6 nitrogen and oxygen atoms in total. The van der Waals surface area contributed by atoms with E-state index in [1.54, 1.807) is 68.8 Å². The van der Waals surface area contributed by atoms with Crippen LogP contribution in [0.3, 0.4) is 0 Å². The summed E-state index contributed by atoms with van der Waals surface area (Å²) in [4.78, 5) is 11.2. The molecule has 78 heavy (non-hydrogen) atoms. The van der Waals surface area contributed by atoms with Gasteiger partial charge in [0.25, 0.3) is 0 Å². The zero-order valence-corrected chi connectivity index (χ0v) is 51.0. The minimum Gasteiger partial charge on any atom is -0.339 e. The maximum atomic E-state index is 17.2. The summed E-state index contributed by atoms with van der Waals surface area (Å²) in [5.41, 5.74) is 9.89. The molecule has 13 rings (SSSR count). The Morgan fingerprint density at radius 1 is 0.474 bits per heavy atom. The number of nitrogens with zero attached hydrogens (tertiary/aromatic N) is 6. The second kappa shape index (κ2) is 21.8. The molecule has 10 aromatic heterocycles. The number of halogens is 2. The number of benzene rings is 3. The maximum Gasteiger partial charge on any atom is 0.134 e. The number of unbranched alkanes of at least 4 members (excludes halogenated alkanes) is 4. The van der Waals surface area contributed by atoms with Gasteiger partial charge in [-0.05, 0) is 123 Å². The molecule has 0 spiro atoms. The lowest BCUT2D eigenvalue weighted by Crippen LogP contribution is -2.10. The van der Waals surface area contributed by atoms with E-state index in [-0.39, 0.29) is 11.6 Å². The van der Waals surface area contributed by atoms with Crippen LogP contribution < -0.4 is 0 Å². The monoisotopic (exact) mass is 1180 g/mol. The van der Waals surface area contributed by atoms with E-state index in [1.165, 1.54) is 77.7 Å². The molecule has 16 heteroatoms. The van der Waals surface area contributed by atoms with E-state index in [1.807, 2.05) is 11.3 Å². The van der Waals surface area contributed by atoms with Gasteiger partial charge in [0.15, 0.2) is 0 Å². The van der Waals surface area contributed by atoms with Crippen LogP contribution in [0.15, 0.2) is 84.9 Å². The van der Waals surface area contributed by atoms with Gasteiger partial charge in [0.2, 0.25) is 0 Å². The Hall–Kier alpha value is -5.04. The van der Waals surface area contributed by atoms with Crippen LogP contribution >= 0.6 is 91.5 Å². The largest absolute Gasteiger partial charge is 0.339 e. The van der Waals surface area contributed by atoms with Gasteiger partial charge in [-0.2, -0.15) is 17.5 Å². The Bertz CT molecular complexity index is 4330. The van der Waals surface area contributed by atoms with Crippen LogP contribution in [0.2, 0.25) is 0 Å². The van der Waals surface area contributed by atoms with Gasteiger partial charge in [-0.25, -0.2) is 8.78 Å². The molecular weight excluding hydrogens is 1120 g/mol. The molecule has 0 fully saturated rings. The SMILES string of the molecule is CCCCCCc1ccc(-c2ccc(-c3cc(F)c(-c4cc5c(s4)c4cc6c(cc4n5CC(C)CC)c4sc(-c5c(F)cc(-c7ccc(-c8ccc(C)s8)s7)c7nsnc57)cc4n6CC(CC)CCCC)c4nsnc34)s2)s1. The first-order chi connectivity index (χ1) is 38.1. The quantitative estimate of drug-likeness (QED) is 0.0714. The highest BCUT2D eigenvalue weighted by Gasteiger charge is 2.28. The molecule has 2 unspecified atom stereocenters. The molecule has 0 bridgehead atoms. The van der Waals surface area contributed by atoms with Crippen LogP contribution in [-0.2, 0) is 19.5 Å². The third kappa shape index (κ3) is 9.33. The minimum absolute atomic E-state index is 0.279. The summed E-state index contributed by atoms with van der Waals surface area (Å²) in [6.45, 7) is 15.2. The summed E-state index contributed by atoms with van der Waals surface area (Å²) in [5, 5.41) is 2.34. The van der Waals surface area contributed by atoms with Gasteiger partial charge in [-0.1, -0.05) is 79.6 Å². The molecule has 0 radical (unpaired) electrons. The van der Waals surface area contributed by atoms with E-state index >= 15 is 8.78 Å². The van der Waals surface area contributed by atoms with Crippen molar-refractivity contribution in [1.82, 2.24) is 26.6 Å². The number of rotatable bonds is 20. The summed E-state index contributed by atoms with van der Waals surface area (Å²) < 4.78 is 60.8. The third-order valence-electron chi connectivity index (χ3n) is 15.7. The number of thiophene rings is 6. The molecule has 398 valence electrons. The fraction of sp³-hybridized carbons (Fsp3) is 0.323. The second-order valence-corrected chi connectivity index (χ2v) is 28.8. The lowest BCUT2D eigenvalue weighted by atomic mass is 9.99. The van der Waals surface area contributed by atoms with E-state index in [0.29, 0.717) is 34.0 Å². The van der Waals surface area contributed by atoms with E-state index in [2.05, 4.69) is 123 Å². The predicted molar refractivity (Wildman–Crippen MR) is 340 cm³/mol. The van der Waals surface area contributed by atoms with Crippen LogP contribution in [0.1, 0.15) is 102 Å². The van der Waals surface area contributed by atoms with Gasteiger partial charge in [0.05, 0.1) is 66.0 Å². The van der Waals surface area contributed by atoms with Crippen molar-refractivity contribution in [2.45, 2.75) is 119 Å². The van der Waals surface area contributed by atoms with Gasteiger partial charge >= 0.3 is 0 Å². The Balaban J connectivity index is 0.919. The molecule has 0 N–H and O–H groups in total. The highest BCUT2D eigenvalue weighted by molar-refractivity contribution is 7.25. The fourth-order valence-corrected chi connectivity index (χ4v) is 19.0. The van der Waals surface area contributed by atoms with Gasteiger partial charge in [0.1, 0.15) is 33.7 Å². The molecule has 3 aromatic carbocycles. The average molecular weight is 1180 g/mol. The minimum atomic E-state index is -0.282. The summed E-state index contributed by atoms with van der Waals surface area (Å²) in [6.07, 6.45) is 11.7. The molecule has 13 aromatic rings. The molecule has 10 heterocycles. The second-order valence-electron chi connectivity index (χ2n) is 21.0. The third-order valence-corrected chi connectivity index (χ3v) is 23.9. The van der Waals surface area contributed by atoms with Crippen molar-refractivity contribution in [2.75, 3.05) is 0 Å². The van der Waals surface area contributed by atoms with Crippen LogP contribution in [0.5, 0.6) is 0 Å². The number of fused-ring (bicyclic) bond motifs is 8. The van der Waals surface area contributed by atoms with Crippen molar-refractivity contribution in [3.8, 4) is 61.3 Å². The lowest BCUT2D eigenvalue weighted by molar-refractivity contribution is 0.401. The lowest BCUT2D eigenvalue weighted by Gasteiger charge is -2.17. The van der Waals surface area contributed by atoms with Crippen LogP contribution in [-0.4, -0.2) is 26.6 Å². The summed E-state index contributed by atoms with van der Waals surface area (Å²) in [6, 6.07) is 29.9. The highest BCUT2D eigenvalue weighted by atomic mass is 32.1. The van der Waals surface area contributed by atoms with Crippen molar-refractivity contribution >= 4 is 156 Å². The number of hydrogen-bond donors (Lipinski definition) is 0. The number of hydrogen-bond acceptors (Lipinski definition) is 12. The Morgan fingerprint density at radius 3 is 1.53 bits per heavy atom. The normalized spacial score (nSPS) is 13.1. The van der Waals surface area contributed by atoms with Gasteiger partial charge in [0, 0.05) is 83.8 Å². The van der Waals surface area contributed by atoms with Gasteiger partial charge < -0.3 is 9.13 Å². The fourth-order valence-electron chi connectivity index (χ4n) is 11.3. The zero-order chi connectivity index (χ0) is 53.3. The van der Waals surface area contributed by atoms with E-state index < -0.39 is 0 Å². The molecule has 0 saturated heterocycles. The first kappa shape index (κ1) is 52.3. The standard InChI is InChI=1S/C62H58F2N6S8/c1-7-11-13-14-16-36-18-20-50(72-36)52-24-22-48(74-52)40-26-41(63)55(59-58(40)66-78-67-59)53-29-45-61(75-53)37-28-44-38(27-43(37)69(45)31-33(5)9-3)62-46(70(44)32-35(10-4)15-12-8-2)30-54(76-62)56-42(64)25-39(57-60(56)68-77-65-57)47-21-23-51(73-47)49-19-17-34(6)71-49/h17-30,33,35H,7-16,31-32H2,1-6H3. The first-order valence-electron chi connectivity index (χ1n) is 27.4. The van der Waals surface area contributed by atoms with Gasteiger partial charge in [-0.3, -0.25) is 0 Å². The molecule has 0 saturated carbocycles. The molecule has 2 atom stereocenters. The highest BCUT2D eigenvalue weighted by Crippen LogP contribution is 2.51. The first-order valence-corrected chi connectivity index (χ1v) is 33.7. The number of aryl methyl sites for hydroxylation is 2. The number of aromatic nitrogens is 6. The van der Waals surface area contributed by atoms with Crippen LogP contribution in [0, 0.1) is 30.4 Å². The summed E-state index contributed by atoms with van der Waals surface area (Å²) in [7, 11) is 0. The van der Waals surface area contributed by atoms with E-state index in [9.17, 15) is 0 Å². The van der Waals surface area contributed by atoms with Crippen molar-refractivity contribution in [3.63, 3.8) is 0 Å². The Morgan fingerprint density at radius 2 is 0.987 bits per heavy atom. The zero-order valence-electron chi connectivity index (χ0n) is 44.4. The summed E-state index contributed by atoms with van der Waals surface area (Å²) >= 11 is 12.6. The van der Waals surface area contributed by atoms with Crippen molar-refractivity contribution in [2.24, 2.45) is 11.8 Å². The summed E-state index contributed by atoms with van der Waals surface area (Å²) in [5.74, 6) is 0.312. The molecule has 0 aliphatic heterocycles. The van der Waals surface area contributed by atoms with Crippen molar-refractivity contribution in [1.29, 1.82) is 0 Å². The maximum absolute atomic E-state index is 17.2. The van der Waals surface area contributed by atoms with Gasteiger partial charge in [-0.15, -0.1) is 68.0 Å². The molecular formula is C62H58F2N6S8. The molecule has 0 aliphatic carbocycles. The van der Waals surface area contributed by atoms with Crippen LogP contribution in [0.4, 0.5) is 8.78 Å². The van der Waals surface area contributed by atoms with Crippen molar-refractivity contribution in [3.05, 3.63) is 106 Å². The van der Waals surface area contributed by atoms with E-state index in [0.717, 1.165) is 136 Å². The predicted octanol–water partition coefficient (Wildman–Crippen LogP) is 22.3. The average Bonchev–Trinajstić information content (AvgIpc) is 4.45. The molecule has 0 amide bonds. The van der Waals surface area contributed by atoms with E-state index in [4.69, 9.17) is 17.5 Å². The Labute approximate surface area is 485 Å². The van der Waals surface area contributed by atoms with Crippen LogP contribution in [0.25, 0.3) is 126 Å². The Kier molecular flexibility index (Phi) is 14.6. The van der Waals surface area contributed by atoms with Crippen molar-refractivity contribution < 1.29 is 8.78 Å². The topological polar surface area (TPSA) is 61.4 Å². The molecule has 0 aliphatic rings. The smallest absolute Gasteiger partial charge is 0.134 e.